The van der Waals surface area contributed by atoms with Crippen molar-refractivity contribution in [3.63, 3.8) is 0 Å². The monoisotopic (exact) mass is 425 g/mol. The summed E-state index contributed by atoms with van der Waals surface area (Å²) in [6.07, 6.45) is 9.09. The minimum absolute atomic E-state index is 0.698. The zero-order chi connectivity index (χ0) is 20.8. The summed E-state index contributed by atoms with van der Waals surface area (Å²) in [4.78, 5) is 9.92. The second-order valence-electron chi connectivity index (χ2n) is 8.71. The third-order valence-corrected chi connectivity index (χ3v) is 6.57. The second kappa shape index (κ2) is 10.4. The van der Waals surface area contributed by atoms with Crippen LogP contribution in [0.3, 0.4) is 0 Å². The largest absolute Gasteiger partial charge is 0.362 e. The highest BCUT2D eigenvalue weighted by molar-refractivity contribution is 7.80. The molecule has 0 unspecified atom stereocenters. The van der Waals surface area contributed by atoms with Crippen LogP contribution < -0.4 is 15.5 Å². The molecule has 2 N–H and O–H groups in total. The number of piperidine rings is 2. The first-order valence-electron chi connectivity index (χ1n) is 11.6. The summed E-state index contributed by atoms with van der Waals surface area (Å²) in [6, 6.07) is 8.58. The topological polar surface area (TPSA) is 43.4 Å². The fourth-order valence-electron chi connectivity index (χ4n) is 4.60. The highest BCUT2D eigenvalue weighted by Gasteiger charge is 2.14. The van der Waals surface area contributed by atoms with E-state index < -0.39 is 0 Å². The van der Waals surface area contributed by atoms with Crippen molar-refractivity contribution >= 4 is 39.7 Å². The molecule has 0 aliphatic carbocycles. The molecule has 0 saturated carbocycles. The summed E-state index contributed by atoms with van der Waals surface area (Å²) in [5.74, 6) is 1.12. The molecular formula is C24H35N5S. The Bertz CT molecular complexity index is 856. The van der Waals surface area contributed by atoms with Crippen LogP contribution >= 0.6 is 12.2 Å². The molecule has 0 bridgehead atoms. The Hall–Kier alpha value is -1.92. The number of thiocarbonyl (C=S) groups is 1. The lowest BCUT2D eigenvalue weighted by atomic mass is 10.1. The minimum Gasteiger partial charge on any atom is -0.362 e. The molecular weight excluding hydrogens is 390 g/mol. The highest BCUT2D eigenvalue weighted by Crippen LogP contribution is 2.26. The van der Waals surface area contributed by atoms with Gasteiger partial charge < -0.3 is 20.4 Å². The average molecular weight is 426 g/mol. The molecule has 4 rings (SSSR count). The van der Waals surface area contributed by atoms with Crippen molar-refractivity contribution in [2.45, 2.75) is 51.9 Å². The van der Waals surface area contributed by atoms with Gasteiger partial charge in [0.25, 0.3) is 0 Å². The van der Waals surface area contributed by atoms with Crippen molar-refractivity contribution < 1.29 is 0 Å². The van der Waals surface area contributed by atoms with Crippen LogP contribution in [0, 0.1) is 6.92 Å². The fraction of sp³-hybridized carbons (Fsp3) is 0.583. The van der Waals surface area contributed by atoms with E-state index in [4.69, 9.17) is 17.2 Å². The Labute approximate surface area is 186 Å². The van der Waals surface area contributed by atoms with Gasteiger partial charge in [0.05, 0.1) is 5.52 Å². The molecule has 1 aromatic heterocycles. The smallest absolute Gasteiger partial charge is 0.170 e. The second-order valence-corrected chi connectivity index (χ2v) is 9.12. The lowest BCUT2D eigenvalue weighted by Gasteiger charge is -2.28. The first kappa shape index (κ1) is 21.3. The third-order valence-electron chi connectivity index (χ3n) is 6.33. The van der Waals surface area contributed by atoms with E-state index in [1.807, 2.05) is 0 Å². The van der Waals surface area contributed by atoms with Crippen LogP contribution in [0.15, 0.2) is 24.3 Å². The number of anilines is 2. The Morgan fingerprint density at radius 1 is 1.00 bits per heavy atom. The predicted molar refractivity (Wildman–Crippen MR) is 132 cm³/mol. The number of likely N-dealkylation sites (tertiary alicyclic amines) is 1. The molecule has 3 heterocycles. The maximum Gasteiger partial charge on any atom is 0.170 e. The number of aromatic nitrogens is 1. The predicted octanol–water partition coefficient (Wildman–Crippen LogP) is 4.70. The molecule has 2 aromatic rings. The standard InChI is InChI=1S/C24H35N5S/c1-19-17-23(29-15-6-3-7-16-29)27-22-10-9-20(18-21(19)22)26-24(30)25-11-8-14-28-12-4-2-5-13-28/h9-10,17-18H,2-8,11-16H2,1H3,(H2,25,26,30). The van der Waals surface area contributed by atoms with E-state index in [1.165, 1.54) is 62.6 Å². The van der Waals surface area contributed by atoms with E-state index in [0.717, 1.165) is 49.6 Å². The number of pyridine rings is 1. The van der Waals surface area contributed by atoms with E-state index in [9.17, 15) is 0 Å². The highest BCUT2D eigenvalue weighted by atomic mass is 32.1. The summed E-state index contributed by atoms with van der Waals surface area (Å²) in [5.41, 5.74) is 3.35. The molecule has 0 spiro atoms. The SMILES string of the molecule is Cc1cc(N2CCCCC2)nc2ccc(NC(=S)NCCCN3CCCCC3)cc12. The van der Waals surface area contributed by atoms with Crippen molar-refractivity contribution in [1.29, 1.82) is 0 Å². The van der Waals surface area contributed by atoms with E-state index in [-0.39, 0.29) is 0 Å². The van der Waals surface area contributed by atoms with Gasteiger partial charge in [0.15, 0.2) is 5.11 Å². The molecule has 0 amide bonds. The summed E-state index contributed by atoms with van der Waals surface area (Å²) >= 11 is 5.51. The minimum atomic E-state index is 0.698. The number of benzene rings is 1. The van der Waals surface area contributed by atoms with Crippen molar-refractivity contribution in [3.8, 4) is 0 Å². The molecule has 2 saturated heterocycles. The Kier molecular flexibility index (Phi) is 7.39. The lowest BCUT2D eigenvalue weighted by molar-refractivity contribution is 0.227. The first-order chi connectivity index (χ1) is 14.7. The van der Waals surface area contributed by atoms with Gasteiger partial charge in [-0.15, -0.1) is 0 Å². The molecule has 162 valence electrons. The molecule has 2 fully saturated rings. The van der Waals surface area contributed by atoms with Crippen LogP contribution in [0.1, 0.15) is 50.5 Å². The van der Waals surface area contributed by atoms with Gasteiger partial charge >= 0.3 is 0 Å². The Morgan fingerprint density at radius 2 is 1.73 bits per heavy atom. The van der Waals surface area contributed by atoms with Gasteiger partial charge in [-0.2, -0.15) is 0 Å². The summed E-state index contributed by atoms with van der Waals surface area (Å²) < 4.78 is 0. The maximum absolute atomic E-state index is 5.51. The number of nitrogens with zero attached hydrogens (tertiary/aromatic N) is 3. The Balaban J connectivity index is 1.31. The van der Waals surface area contributed by atoms with Gasteiger partial charge in [0.2, 0.25) is 0 Å². The number of fused-ring (bicyclic) bond motifs is 1. The van der Waals surface area contributed by atoms with Crippen LogP contribution in [-0.2, 0) is 0 Å². The first-order valence-corrected chi connectivity index (χ1v) is 12.0. The zero-order valence-corrected chi connectivity index (χ0v) is 19.1. The summed E-state index contributed by atoms with van der Waals surface area (Å²) in [5, 5.41) is 8.59. The van der Waals surface area contributed by atoms with Gasteiger partial charge in [0, 0.05) is 30.7 Å². The van der Waals surface area contributed by atoms with E-state index >= 15 is 0 Å². The Morgan fingerprint density at radius 3 is 2.50 bits per heavy atom. The number of hydrogen-bond donors (Lipinski definition) is 2. The lowest BCUT2D eigenvalue weighted by Crippen LogP contribution is -2.34. The molecule has 2 aliphatic heterocycles. The molecule has 5 nitrogen and oxygen atoms in total. The number of nitrogens with one attached hydrogen (secondary N) is 2. The van der Waals surface area contributed by atoms with Crippen LogP contribution in [-0.4, -0.2) is 54.3 Å². The fourth-order valence-corrected chi connectivity index (χ4v) is 4.82. The molecule has 1 aromatic carbocycles. The maximum atomic E-state index is 5.51. The van der Waals surface area contributed by atoms with Crippen molar-refractivity contribution in [3.05, 3.63) is 29.8 Å². The van der Waals surface area contributed by atoms with Crippen molar-refractivity contribution in [2.75, 3.05) is 49.5 Å². The number of rotatable bonds is 6. The zero-order valence-electron chi connectivity index (χ0n) is 18.3. The van der Waals surface area contributed by atoms with Gasteiger partial charge in [-0.25, -0.2) is 4.98 Å². The molecule has 0 atom stereocenters. The van der Waals surface area contributed by atoms with Crippen LogP contribution in [0.4, 0.5) is 11.5 Å². The van der Waals surface area contributed by atoms with Crippen molar-refractivity contribution in [1.82, 2.24) is 15.2 Å². The third kappa shape index (κ3) is 5.61. The summed E-state index contributed by atoms with van der Waals surface area (Å²) in [6.45, 7) is 9.01. The summed E-state index contributed by atoms with van der Waals surface area (Å²) in [7, 11) is 0. The van der Waals surface area contributed by atoms with Gasteiger partial charge in [0.1, 0.15) is 5.82 Å². The van der Waals surface area contributed by atoms with E-state index in [2.05, 4.69) is 51.6 Å². The van der Waals surface area contributed by atoms with Crippen LogP contribution in [0.2, 0.25) is 0 Å². The molecule has 2 aliphatic rings. The van der Waals surface area contributed by atoms with E-state index in [1.54, 1.807) is 0 Å². The van der Waals surface area contributed by atoms with Gasteiger partial charge in [-0.1, -0.05) is 6.42 Å². The quantitative estimate of drug-likeness (QED) is 0.517. The van der Waals surface area contributed by atoms with Crippen LogP contribution in [0.5, 0.6) is 0 Å². The van der Waals surface area contributed by atoms with Crippen molar-refractivity contribution in [2.24, 2.45) is 0 Å². The average Bonchev–Trinajstić information content (AvgIpc) is 2.78. The number of aryl methyl sites for hydroxylation is 1. The molecule has 0 radical (unpaired) electrons. The molecule has 30 heavy (non-hydrogen) atoms. The molecule has 6 heteroatoms. The van der Waals surface area contributed by atoms with Gasteiger partial charge in [-0.05, 0) is 107 Å². The van der Waals surface area contributed by atoms with Gasteiger partial charge in [-0.3, -0.25) is 0 Å². The van der Waals surface area contributed by atoms with E-state index in [0.29, 0.717) is 5.11 Å². The number of hydrogen-bond acceptors (Lipinski definition) is 4. The van der Waals surface area contributed by atoms with Crippen LogP contribution in [0.25, 0.3) is 10.9 Å². The normalized spacial score (nSPS) is 17.8.